The molecule has 0 bridgehead atoms. The minimum Gasteiger partial charge on any atom is -0.375 e. The molecule has 0 saturated carbocycles. The highest BCUT2D eigenvalue weighted by atomic mass is 16.5. The lowest BCUT2D eigenvalue weighted by Gasteiger charge is -2.30. The van der Waals surface area contributed by atoms with Crippen molar-refractivity contribution < 1.29 is 4.74 Å². The van der Waals surface area contributed by atoms with Crippen molar-refractivity contribution in [1.29, 1.82) is 0 Å². The zero-order valence-electron chi connectivity index (χ0n) is 13.8. The van der Waals surface area contributed by atoms with Crippen LogP contribution in [0.25, 0.3) is 22.4 Å². The fourth-order valence-electron chi connectivity index (χ4n) is 2.95. The number of morpholine rings is 1. The molecule has 4 rings (SSSR count). The molecule has 6 nitrogen and oxygen atoms in total. The van der Waals surface area contributed by atoms with Crippen molar-refractivity contribution in [2.75, 3.05) is 24.6 Å². The minimum atomic E-state index is 0.188. The van der Waals surface area contributed by atoms with Crippen LogP contribution in [0.5, 0.6) is 0 Å². The van der Waals surface area contributed by atoms with E-state index in [2.05, 4.69) is 50.8 Å². The van der Waals surface area contributed by atoms with E-state index >= 15 is 0 Å². The van der Waals surface area contributed by atoms with Crippen LogP contribution in [0.3, 0.4) is 0 Å². The Kier molecular flexibility index (Phi) is 3.82. The van der Waals surface area contributed by atoms with Crippen LogP contribution >= 0.6 is 0 Å². The van der Waals surface area contributed by atoms with Crippen molar-refractivity contribution in [2.45, 2.75) is 20.0 Å². The Morgan fingerprint density at radius 1 is 1.12 bits per heavy atom. The highest BCUT2D eigenvalue weighted by Crippen LogP contribution is 2.22. The zero-order valence-corrected chi connectivity index (χ0v) is 13.8. The normalized spacial score (nSPS) is 18.1. The van der Waals surface area contributed by atoms with Crippen molar-refractivity contribution in [3.63, 3.8) is 0 Å². The van der Waals surface area contributed by atoms with Crippen molar-refractivity contribution in [3.8, 4) is 11.3 Å². The van der Waals surface area contributed by atoms with Crippen LogP contribution in [0, 0.1) is 6.92 Å². The van der Waals surface area contributed by atoms with E-state index in [1.54, 1.807) is 12.4 Å². The Balaban J connectivity index is 1.69. The molecule has 24 heavy (non-hydrogen) atoms. The molecule has 3 aromatic rings. The fraction of sp³-hybridized carbons (Fsp3) is 0.333. The second kappa shape index (κ2) is 6.13. The molecule has 122 valence electrons. The summed E-state index contributed by atoms with van der Waals surface area (Å²) in [6, 6.07) is 8.15. The molecule has 2 aromatic heterocycles. The van der Waals surface area contributed by atoms with Crippen LogP contribution in [-0.4, -0.2) is 45.7 Å². The Hall–Kier alpha value is -2.60. The van der Waals surface area contributed by atoms with E-state index < -0.39 is 0 Å². The van der Waals surface area contributed by atoms with E-state index in [1.807, 2.05) is 12.1 Å². The van der Waals surface area contributed by atoms with E-state index in [4.69, 9.17) is 4.74 Å². The number of anilines is 1. The van der Waals surface area contributed by atoms with Crippen molar-refractivity contribution in [1.82, 2.24) is 19.9 Å². The minimum absolute atomic E-state index is 0.188. The lowest BCUT2D eigenvalue weighted by atomic mass is 10.1. The monoisotopic (exact) mass is 321 g/mol. The number of nitrogens with zero attached hydrogens (tertiary/aromatic N) is 5. The summed E-state index contributed by atoms with van der Waals surface area (Å²) in [4.78, 5) is 20.4. The van der Waals surface area contributed by atoms with Crippen molar-refractivity contribution in [3.05, 3.63) is 42.2 Å². The summed E-state index contributed by atoms with van der Waals surface area (Å²) in [6.45, 7) is 6.41. The van der Waals surface area contributed by atoms with Gasteiger partial charge >= 0.3 is 0 Å². The number of hydrogen-bond acceptors (Lipinski definition) is 6. The second-order valence-electron chi connectivity index (χ2n) is 6.08. The van der Waals surface area contributed by atoms with Gasteiger partial charge in [0.15, 0.2) is 5.65 Å². The number of fused-ring (bicyclic) bond motifs is 1. The topological polar surface area (TPSA) is 64.0 Å². The molecule has 1 atom stereocenters. The van der Waals surface area contributed by atoms with Gasteiger partial charge in [0, 0.05) is 18.7 Å². The summed E-state index contributed by atoms with van der Waals surface area (Å²) in [7, 11) is 0. The lowest BCUT2D eigenvalue weighted by Crippen LogP contribution is -2.42. The van der Waals surface area contributed by atoms with Crippen LogP contribution < -0.4 is 4.90 Å². The van der Waals surface area contributed by atoms with Crippen LogP contribution in [0.4, 0.5) is 5.95 Å². The molecule has 1 aliphatic heterocycles. The number of hydrogen-bond donors (Lipinski definition) is 0. The molecule has 1 aromatic carbocycles. The molecule has 0 aliphatic carbocycles. The zero-order chi connectivity index (χ0) is 16.5. The Morgan fingerprint density at radius 3 is 2.83 bits per heavy atom. The standard InChI is InChI=1S/C18H19N5O/c1-12-5-3-4-6-14(12)15-9-19-17-16(21-15)10-20-18(22-17)23-7-8-24-13(2)11-23/h3-6,9-10,13H,7-8,11H2,1-2H3. The van der Waals surface area contributed by atoms with Gasteiger partial charge in [0.1, 0.15) is 5.52 Å². The van der Waals surface area contributed by atoms with E-state index in [1.165, 1.54) is 5.56 Å². The quantitative estimate of drug-likeness (QED) is 0.723. The first-order valence-electron chi connectivity index (χ1n) is 8.13. The highest BCUT2D eigenvalue weighted by Gasteiger charge is 2.19. The largest absolute Gasteiger partial charge is 0.375 e. The smallest absolute Gasteiger partial charge is 0.227 e. The van der Waals surface area contributed by atoms with Gasteiger partial charge in [-0.1, -0.05) is 24.3 Å². The number of aryl methyl sites for hydroxylation is 1. The third-order valence-electron chi connectivity index (χ3n) is 4.23. The summed E-state index contributed by atoms with van der Waals surface area (Å²) < 4.78 is 5.57. The van der Waals surface area contributed by atoms with Gasteiger partial charge in [-0.05, 0) is 19.4 Å². The first-order chi connectivity index (χ1) is 11.7. The molecule has 6 heteroatoms. The summed E-state index contributed by atoms with van der Waals surface area (Å²) in [5.41, 5.74) is 4.43. The van der Waals surface area contributed by atoms with Gasteiger partial charge in [-0.25, -0.2) is 15.0 Å². The molecule has 0 spiro atoms. The average molecular weight is 321 g/mol. The predicted octanol–water partition coefficient (Wildman–Crippen LogP) is 2.62. The highest BCUT2D eigenvalue weighted by molar-refractivity contribution is 5.74. The lowest BCUT2D eigenvalue weighted by molar-refractivity contribution is 0.0526. The van der Waals surface area contributed by atoms with E-state index in [9.17, 15) is 0 Å². The predicted molar refractivity (Wildman–Crippen MR) is 92.9 cm³/mol. The third kappa shape index (κ3) is 2.80. The van der Waals surface area contributed by atoms with E-state index in [-0.39, 0.29) is 6.10 Å². The first-order valence-corrected chi connectivity index (χ1v) is 8.13. The maximum Gasteiger partial charge on any atom is 0.227 e. The summed E-state index contributed by atoms with van der Waals surface area (Å²) in [5, 5.41) is 0. The second-order valence-corrected chi connectivity index (χ2v) is 6.08. The van der Waals surface area contributed by atoms with Gasteiger partial charge in [-0.3, -0.25) is 0 Å². The third-order valence-corrected chi connectivity index (χ3v) is 4.23. The van der Waals surface area contributed by atoms with E-state index in [0.29, 0.717) is 23.7 Å². The summed E-state index contributed by atoms with van der Waals surface area (Å²) in [6.07, 6.45) is 3.73. The van der Waals surface area contributed by atoms with Gasteiger partial charge in [-0.15, -0.1) is 0 Å². The molecule has 1 saturated heterocycles. The number of ether oxygens (including phenoxy) is 1. The maximum atomic E-state index is 5.57. The number of rotatable bonds is 2. The number of aromatic nitrogens is 4. The average Bonchev–Trinajstić information content (AvgIpc) is 2.61. The van der Waals surface area contributed by atoms with Crippen LogP contribution in [0.2, 0.25) is 0 Å². The van der Waals surface area contributed by atoms with Gasteiger partial charge in [0.2, 0.25) is 5.95 Å². The molecule has 0 radical (unpaired) electrons. The van der Waals surface area contributed by atoms with Crippen molar-refractivity contribution in [2.24, 2.45) is 0 Å². The maximum absolute atomic E-state index is 5.57. The Bertz CT molecular complexity index is 882. The molecule has 1 aliphatic rings. The van der Waals surface area contributed by atoms with Crippen LogP contribution in [0.1, 0.15) is 12.5 Å². The SMILES string of the molecule is Cc1ccccc1-c1cnc2nc(N3CCOC(C)C3)ncc2n1. The molecule has 1 unspecified atom stereocenters. The van der Waals surface area contributed by atoms with E-state index in [0.717, 1.165) is 24.3 Å². The summed E-state index contributed by atoms with van der Waals surface area (Å²) in [5.74, 6) is 0.690. The van der Waals surface area contributed by atoms with Gasteiger partial charge in [-0.2, -0.15) is 4.98 Å². The Labute approximate surface area is 140 Å². The molecule has 0 N–H and O–H groups in total. The fourth-order valence-corrected chi connectivity index (χ4v) is 2.95. The molecule has 3 heterocycles. The van der Waals surface area contributed by atoms with Gasteiger partial charge in [0.05, 0.1) is 30.8 Å². The van der Waals surface area contributed by atoms with Crippen LogP contribution in [0.15, 0.2) is 36.7 Å². The first kappa shape index (κ1) is 15.0. The van der Waals surface area contributed by atoms with Crippen molar-refractivity contribution >= 4 is 17.1 Å². The molecule has 0 amide bonds. The molecular weight excluding hydrogens is 302 g/mol. The number of benzene rings is 1. The summed E-state index contributed by atoms with van der Waals surface area (Å²) >= 11 is 0. The van der Waals surface area contributed by atoms with Crippen LogP contribution in [-0.2, 0) is 4.74 Å². The Morgan fingerprint density at radius 2 is 2.00 bits per heavy atom. The van der Waals surface area contributed by atoms with Gasteiger partial charge in [0.25, 0.3) is 0 Å². The molecular formula is C18H19N5O. The molecule has 1 fully saturated rings. The van der Waals surface area contributed by atoms with Gasteiger partial charge < -0.3 is 9.64 Å².